The first-order chi connectivity index (χ1) is 20.4. The Morgan fingerprint density at radius 3 is 1.33 bits per heavy atom. The van der Waals surface area contributed by atoms with E-state index in [-0.39, 0.29) is 30.6 Å². The smallest absolute Gasteiger partial charge is 0.574 e. The van der Waals surface area contributed by atoms with Crippen LogP contribution in [0.15, 0.2) is 116 Å². The topological polar surface area (TPSA) is 166 Å². The first-order valence-electron chi connectivity index (χ1n) is 12.5. The van der Waals surface area contributed by atoms with Gasteiger partial charge in [0.15, 0.2) is 0 Å². The molecule has 0 saturated heterocycles. The number of aromatic carboxylic acids is 2. The van der Waals surface area contributed by atoms with Gasteiger partial charge in [-0.1, -0.05) is 30.0 Å². The van der Waals surface area contributed by atoms with Crippen LogP contribution < -0.4 is 5.10 Å². The number of aryl methyl sites for hydroxylation is 1. The molecule has 12 heteroatoms. The van der Waals surface area contributed by atoms with Crippen molar-refractivity contribution in [2.45, 2.75) is 6.92 Å². The van der Waals surface area contributed by atoms with E-state index in [9.17, 15) is 9.59 Å². The molecular weight excluding hydrogens is 635 g/mol. The van der Waals surface area contributed by atoms with Gasteiger partial charge in [-0.25, -0.2) is 9.59 Å². The van der Waals surface area contributed by atoms with Gasteiger partial charge in [-0.15, -0.1) is 0 Å². The van der Waals surface area contributed by atoms with Crippen LogP contribution in [-0.2, 0) is 19.5 Å². The second-order valence-corrected chi connectivity index (χ2v) is 8.49. The van der Waals surface area contributed by atoms with Gasteiger partial charge in [0.05, 0.1) is 33.9 Å². The summed E-state index contributed by atoms with van der Waals surface area (Å²) in [6.07, 6.45) is 7.97. The molecule has 215 valence electrons. The zero-order valence-corrected chi connectivity index (χ0v) is 24.4. The van der Waals surface area contributed by atoms with Crippen molar-refractivity contribution in [1.29, 1.82) is 0 Å². The largest absolute Gasteiger partial charge is 1.00 e. The summed E-state index contributed by atoms with van der Waals surface area (Å²) >= 11 is 0. The molecule has 0 spiro atoms. The molecule has 43 heavy (non-hydrogen) atoms. The maximum atomic E-state index is 10.8. The van der Waals surface area contributed by atoms with Crippen molar-refractivity contribution >= 4 is 11.9 Å². The molecule has 0 unspecified atom stereocenters. The van der Waals surface area contributed by atoms with E-state index in [1.165, 1.54) is 36.7 Å². The van der Waals surface area contributed by atoms with Crippen LogP contribution in [0.1, 0.15) is 26.4 Å². The summed E-state index contributed by atoms with van der Waals surface area (Å²) in [6.45, 7) is 1.92. The Kier molecular flexibility index (Phi) is 12.0. The first kappa shape index (κ1) is 32.0. The molecule has 6 rings (SSSR count). The zero-order valence-electron chi connectivity index (χ0n) is 22.7. The third-order valence-electron chi connectivity index (χ3n) is 5.46. The molecule has 0 aromatic carbocycles. The van der Waals surface area contributed by atoms with Gasteiger partial charge in [0.1, 0.15) is 0 Å². The summed E-state index contributed by atoms with van der Waals surface area (Å²) in [5.74, 6) is -2.15. The van der Waals surface area contributed by atoms with Crippen LogP contribution in [0.2, 0.25) is 0 Å². The third kappa shape index (κ3) is 9.55. The summed E-state index contributed by atoms with van der Waals surface area (Å²) in [6, 6.07) is 24.6. The van der Waals surface area contributed by atoms with Crippen molar-refractivity contribution in [2.75, 3.05) is 0 Å². The van der Waals surface area contributed by atoms with Gasteiger partial charge >= 0.3 is 31.4 Å². The average molecular weight is 660 g/mol. The van der Waals surface area contributed by atoms with E-state index < -0.39 is 11.9 Å². The van der Waals surface area contributed by atoms with Gasteiger partial charge < -0.3 is 20.4 Å². The Bertz CT molecular complexity index is 1660. The predicted molar refractivity (Wildman–Crippen MR) is 154 cm³/mol. The van der Waals surface area contributed by atoms with E-state index in [4.69, 9.17) is 10.2 Å². The molecule has 1 radical (unpaired) electrons. The Labute approximate surface area is 259 Å². The average Bonchev–Trinajstić information content (AvgIpc) is 3.49. The van der Waals surface area contributed by atoms with Crippen LogP contribution in [0.25, 0.3) is 34.2 Å². The molecule has 6 heterocycles. The fourth-order valence-corrected chi connectivity index (χ4v) is 3.46. The standard InChI is InChI=1S/C12H8N2O4.C10H8N2.C9H8N3.Ru/c15-11(16)7-1-3-13-9(5-7)10-6-8(12(17)18)2-4-14-10;1-3-7-11-9(5-1)10-6-2-4-8-12-10;1-7-6-9(12-11-7)8-4-2-3-5-10-8;/h1-6H,(H,15,16)(H,17,18);1-8H;2-6H,1H3;/q;;-1;+1. The molecule has 0 atom stereocenters. The summed E-state index contributed by atoms with van der Waals surface area (Å²) in [5, 5.41) is 25.6. The van der Waals surface area contributed by atoms with Crippen LogP contribution in [0.5, 0.6) is 0 Å². The number of carboxylic acids is 2. The zero-order chi connectivity index (χ0) is 29.7. The summed E-state index contributed by atoms with van der Waals surface area (Å²) in [5.41, 5.74) is 5.25. The molecule has 0 aliphatic heterocycles. The SMILES string of the molecule is Cc1cc(-c2ccccn2)[n-]n1.O=C(O)c1ccnc(-c2cc(C(=O)O)ccn2)c1.[Ru+].c1ccc(-c2ccccn2)nc1. The van der Waals surface area contributed by atoms with Crippen molar-refractivity contribution in [3.63, 3.8) is 0 Å². The molecule has 0 amide bonds. The van der Waals surface area contributed by atoms with Crippen molar-refractivity contribution < 1.29 is 39.3 Å². The van der Waals surface area contributed by atoms with Gasteiger partial charge in [0, 0.05) is 42.4 Å². The summed E-state index contributed by atoms with van der Waals surface area (Å²) < 4.78 is 0. The Hall–Kier alpha value is -5.48. The molecule has 0 aliphatic rings. The van der Waals surface area contributed by atoms with Crippen LogP contribution in [-0.4, -0.2) is 52.2 Å². The molecule has 2 N–H and O–H groups in total. The van der Waals surface area contributed by atoms with Crippen molar-refractivity contribution in [3.8, 4) is 34.2 Å². The van der Waals surface area contributed by atoms with E-state index in [1.807, 2.05) is 67.6 Å². The monoisotopic (exact) mass is 660 g/mol. The summed E-state index contributed by atoms with van der Waals surface area (Å²) in [4.78, 5) is 42.1. The first-order valence-corrected chi connectivity index (χ1v) is 12.5. The maximum absolute atomic E-state index is 10.8. The van der Waals surface area contributed by atoms with Gasteiger partial charge in [0.2, 0.25) is 0 Å². The normalized spacial score (nSPS) is 9.70. The van der Waals surface area contributed by atoms with E-state index in [2.05, 4.69) is 35.1 Å². The van der Waals surface area contributed by atoms with E-state index in [0.29, 0.717) is 11.4 Å². The van der Waals surface area contributed by atoms with Gasteiger partial charge in [-0.3, -0.25) is 24.9 Å². The maximum Gasteiger partial charge on any atom is 1.00 e. The number of pyridine rings is 5. The second-order valence-electron chi connectivity index (χ2n) is 8.49. The molecular formula is C31H24N7O4Ru. The van der Waals surface area contributed by atoms with E-state index >= 15 is 0 Å². The molecule has 0 bridgehead atoms. The van der Waals surface area contributed by atoms with E-state index in [0.717, 1.165) is 28.5 Å². The van der Waals surface area contributed by atoms with Crippen LogP contribution in [0.3, 0.4) is 0 Å². The molecule has 6 aromatic heterocycles. The second kappa shape index (κ2) is 16.1. The van der Waals surface area contributed by atoms with Gasteiger partial charge in [-0.2, -0.15) is 0 Å². The number of rotatable bonds is 5. The predicted octanol–water partition coefficient (Wildman–Crippen LogP) is 5.09. The Morgan fingerprint density at radius 1 is 0.558 bits per heavy atom. The molecule has 0 saturated carbocycles. The molecule has 0 fully saturated rings. The van der Waals surface area contributed by atoms with Crippen LogP contribution >= 0.6 is 0 Å². The fraction of sp³-hybridized carbons (Fsp3) is 0.0323. The fourth-order valence-electron chi connectivity index (χ4n) is 3.46. The van der Waals surface area contributed by atoms with Crippen molar-refractivity contribution in [1.82, 2.24) is 35.1 Å². The Morgan fingerprint density at radius 2 is 0.977 bits per heavy atom. The molecule has 11 nitrogen and oxygen atoms in total. The minimum Gasteiger partial charge on any atom is -0.574 e. The third-order valence-corrected chi connectivity index (χ3v) is 5.46. The quantitative estimate of drug-likeness (QED) is 0.237. The Balaban J connectivity index is 0.000000180. The number of hydrogen-bond donors (Lipinski definition) is 2. The minimum absolute atomic E-state index is 0. The van der Waals surface area contributed by atoms with Crippen LogP contribution in [0, 0.1) is 6.92 Å². The molecule has 6 aromatic rings. The van der Waals surface area contributed by atoms with E-state index in [1.54, 1.807) is 18.6 Å². The number of nitrogens with zero attached hydrogens (tertiary/aromatic N) is 7. The van der Waals surface area contributed by atoms with Crippen molar-refractivity contribution in [3.05, 3.63) is 133 Å². The number of aromatic nitrogens is 7. The number of hydrogen-bond acceptors (Lipinski definition) is 8. The van der Waals surface area contributed by atoms with Crippen molar-refractivity contribution in [2.24, 2.45) is 0 Å². The minimum atomic E-state index is -1.08. The van der Waals surface area contributed by atoms with Gasteiger partial charge in [0.25, 0.3) is 0 Å². The number of carbonyl (C=O) groups is 2. The molecule has 0 aliphatic carbocycles. The van der Waals surface area contributed by atoms with Gasteiger partial charge in [-0.05, 0) is 67.6 Å². The van der Waals surface area contributed by atoms with Crippen LogP contribution in [0.4, 0.5) is 0 Å². The number of carboxylic acid groups (broad SMARTS) is 2. The summed E-state index contributed by atoms with van der Waals surface area (Å²) in [7, 11) is 0.